The molecular formula is C30H36Cl4N6O3. The Kier molecular flexibility index (Phi) is 11.7. The zero-order valence-electron chi connectivity index (χ0n) is 23.9. The Bertz CT molecular complexity index is 1370. The highest BCUT2D eigenvalue weighted by molar-refractivity contribution is 6.35. The van der Waals surface area contributed by atoms with E-state index in [1.54, 1.807) is 18.5 Å². The van der Waals surface area contributed by atoms with Crippen molar-refractivity contribution < 1.29 is 14.3 Å². The zero-order chi connectivity index (χ0) is 28.3. The first-order valence-electron chi connectivity index (χ1n) is 14.2. The fraction of sp³-hybridized carbons (Fsp3) is 0.467. The lowest BCUT2D eigenvalue weighted by molar-refractivity contribution is -0.142. The van der Waals surface area contributed by atoms with E-state index in [1.807, 2.05) is 18.2 Å². The number of nitrogens with zero attached hydrogens (tertiary/aromatic N) is 5. The van der Waals surface area contributed by atoms with Gasteiger partial charge in [0.15, 0.2) is 5.75 Å². The number of rotatable bonds is 8. The van der Waals surface area contributed by atoms with E-state index in [0.717, 1.165) is 81.3 Å². The van der Waals surface area contributed by atoms with E-state index < -0.39 is 0 Å². The number of carbonyl (C=O) groups excluding carboxylic acids is 1. The number of aromatic nitrogens is 3. The lowest BCUT2D eigenvalue weighted by Gasteiger charge is -2.31. The highest BCUT2D eigenvalue weighted by Gasteiger charge is 2.38. The van der Waals surface area contributed by atoms with Crippen molar-refractivity contribution in [2.45, 2.75) is 38.3 Å². The van der Waals surface area contributed by atoms with Crippen LogP contribution in [0.3, 0.4) is 0 Å². The molecule has 3 aliphatic rings. The van der Waals surface area contributed by atoms with Gasteiger partial charge >= 0.3 is 5.97 Å². The molecule has 0 bridgehead atoms. The van der Waals surface area contributed by atoms with Crippen LogP contribution in [-0.4, -0.2) is 71.7 Å². The number of methoxy groups -OCH3 is 1. The van der Waals surface area contributed by atoms with Crippen LogP contribution in [0.1, 0.15) is 31.2 Å². The lowest BCUT2D eigenvalue weighted by Crippen LogP contribution is -2.35. The molecule has 43 heavy (non-hydrogen) atoms. The number of benzene rings is 1. The number of carbonyl (C=O) groups is 1. The maximum atomic E-state index is 11.7. The van der Waals surface area contributed by atoms with Gasteiger partial charge in [0, 0.05) is 60.3 Å². The van der Waals surface area contributed by atoms with Gasteiger partial charge in [0.25, 0.3) is 0 Å². The van der Waals surface area contributed by atoms with Gasteiger partial charge in [0.2, 0.25) is 11.8 Å². The third kappa shape index (κ3) is 8.21. The SMILES string of the molecule is COC(=O)CC1CCN(Cc2cc(Oc3cnc(N4CCC5CNCC54)nc3)nc(-c3cc(Cl)cc(Cl)c3)c2)CC1.Cl.Cl. The Labute approximate surface area is 274 Å². The smallest absolute Gasteiger partial charge is 0.305 e. The average molecular weight is 670 g/mol. The molecule has 0 saturated carbocycles. The maximum Gasteiger partial charge on any atom is 0.305 e. The fourth-order valence-electron chi connectivity index (χ4n) is 6.21. The van der Waals surface area contributed by atoms with E-state index in [1.165, 1.54) is 7.11 Å². The van der Waals surface area contributed by atoms with Crippen LogP contribution in [0.4, 0.5) is 5.95 Å². The molecule has 1 aromatic carbocycles. The summed E-state index contributed by atoms with van der Waals surface area (Å²) in [6, 6.07) is 9.86. The minimum absolute atomic E-state index is 0. The van der Waals surface area contributed by atoms with Crippen LogP contribution in [0, 0.1) is 11.8 Å². The summed E-state index contributed by atoms with van der Waals surface area (Å²) in [6.45, 7) is 5.56. The second kappa shape index (κ2) is 15.1. The first kappa shape index (κ1) is 33.5. The Morgan fingerprint density at radius 1 is 0.977 bits per heavy atom. The monoisotopic (exact) mass is 668 g/mol. The molecule has 2 unspecified atom stereocenters. The van der Waals surface area contributed by atoms with E-state index >= 15 is 0 Å². The van der Waals surface area contributed by atoms with Gasteiger partial charge in [0.05, 0.1) is 25.2 Å². The van der Waals surface area contributed by atoms with Crippen LogP contribution in [0.2, 0.25) is 10.0 Å². The first-order valence-corrected chi connectivity index (χ1v) is 14.9. The van der Waals surface area contributed by atoms with Crippen LogP contribution in [0.5, 0.6) is 11.6 Å². The van der Waals surface area contributed by atoms with Crippen LogP contribution >= 0.6 is 48.0 Å². The number of anilines is 1. The van der Waals surface area contributed by atoms with E-state index in [2.05, 4.69) is 31.2 Å². The van der Waals surface area contributed by atoms with Crippen LogP contribution in [0.15, 0.2) is 42.7 Å². The predicted octanol–water partition coefficient (Wildman–Crippen LogP) is 6.05. The van der Waals surface area contributed by atoms with Crippen molar-refractivity contribution in [3.63, 3.8) is 0 Å². The Hall–Kier alpha value is -2.40. The van der Waals surface area contributed by atoms with E-state index in [9.17, 15) is 4.79 Å². The molecule has 5 heterocycles. The summed E-state index contributed by atoms with van der Waals surface area (Å²) in [7, 11) is 1.45. The average Bonchev–Trinajstić information content (AvgIpc) is 3.59. The van der Waals surface area contributed by atoms with Gasteiger partial charge in [-0.3, -0.25) is 9.69 Å². The minimum Gasteiger partial charge on any atom is -0.469 e. The quantitative estimate of drug-likeness (QED) is 0.288. The minimum atomic E-state index is -0.138. The fourth-order valence-corrected chi connectivity index (χ4v) is 6.73. The number of esters is 1. The largest absolute Gasteiger partial charge is 0.469 e. The van der Waals surface area contributed by atoms with Crippen LogP contribution in [-0.2, 0) is 16.1 Å². The van der Waals surface area contributed by atoms with Crippen LogP contribution < -0.4 is 15.0 Å². The summed E-state index contributed by atoms with van der Waals surface area (Å²) in [6.07, 6.45) is 6.99. The summed E-state index contributed by atoms with van der Waals surface area (Å²) >= 11 is 12.6. The van der Waals surface area contributed by atoms with Crippen LogP contribution in [0.25, 0.3) is 11.3 Å². The molecule has 2 aromatic heterocycles. The summed E-state index contributed by atoms with van der Waals surface area (Å²) in [5, 5.41) is 4.56. The van der Waals surface area contributed by atoms with Crippen molar-refractivity contribution in [2.24, 2.45) is 11.8 Å². The van der Waals surface area contributed by atoms with Gasteiger partial charge in [-0.2, -0.15) is 0 Å². The third-order valence-corrected chi connectivity index (χ3v) is 8.79. The molecule has 232 valence electrons. The molecule has 3 saturated heterocycles. The third-order valence-electron chi connectivity index (χ3n) is 8.36. The van der Waals surface area contributed by atoms with E-state index in [-0.39, 0.29) is 30.8 Å². The number of halogens is 4. The molecule has 9 nitrogen and oxygen atoms in total. The number of hydrogen-bond donors (Lipinski definition) is 1. The molecule has 6 rings (SSSR count). The molecule has 0 radical (unpaired) electrons. The molecule has 3 aromatic rings. The van der Waals surface area contributed by atoms with Gasteiger partial charge in [-0.05, 0) is 74.0 Å². The van der Waals surface area contributed by atoms with Crippen molar-refractivity contribution >= 4 is 59.9 Å². The summed E-state index contributed by atoms with van der Waals surface area (Å²) < 4.78 is 11.1. The van der Waals surface area contributed by atoms with E-state index in [4.69, 9.17) is 37.7 Å². The van der Waals surface area contributed by atoms with Gasteiger partial charge in [-0.15, -0.1) is 24.8 Å². The normalized spacial score (nSPS) is 20.2. The highest BCUT2D eigenvalue weighted by atomic mass is 35.5. The molecule has 3 fully saturated rings. The molecular weight excluding hydrogens is 634 g/mol. The zero-order valence-corrected chi connectivity index (χ0v) is 27.0. The Balaban J connectivity index is 0.00000212. The maximum absolute atomic E-state index is 11.7. The number of pyridine rings is 1. The first-order chi connectivity index (χ1) is 19.9. The number of piperidine rings is 1. The van der Waals surface area contributed by atoms with Crippen molar-refractivity contribution in [1.82, 2.24) is 25.2 Å². The number of likely N-dealkylation sites (tertiary alicyclic amines) is 1. The topological polar surface area (TPSA) is 92.7 Å². The van der Waals surface area contributed by atoms with Crippen molar-refractivity contribution in [2.75, 3.05) is 44.7 Å². The molecule has 0 amide bonds. The van der Waals surface area contributed by atoms with Gasteiger partial charge in [-0.1, -0.05) is 23.2 Å². The highest BCUT2D eigenvalue weighted by Crippen LogP contribution is 2.33. The van der Waals surface area contributed by atoms with Gasteiger partial charge in [-0.25, -0.2) is 15.0 Å². The van der Waals surface area contributed by atoms with Crippen molar-refractivity contribution in [3.05, 3.63) is 58.3 Å². The number of nitrogens with one attached hydrogen (secondary N) is 1. The Morgan fingerprint density at radius 3 is 2.40 bits per heavy atom. The molecule has 2 atom stereocenters. The summed E-state index contributed by atoms with van der Waals surface area (Å²) in [5.41, 5.74) is 2.59. The Morgan fingerprint density at radius 2 is 1.70 bits per heavy atom. The molecule has 1 N–H and O–H groups in total. The van der Waals surface area contributed by atoms with Gasteiger partial charge < -0.3 is 19.7 Å². The number of fused-ring (bicyclic) bond motifs is 1. The van der Waals surface area contributed by atoms with E-state index in [0.29, 0.717) is 46.0 Å². The predicted molar refractivity (Wildman–Crippen MR) is 173 cm³/mol. The number of hydrogen-bond acceptors (Lipinski definition) is 9. The van der Waals surface area contributed by atoms with Crippen molar-refractivity contribution in [1.29, 1.82) is 0 Å². The van der Waals surface area contributed by atoms with Gasteiger partial charge in [0.1, 0.15) is 0 Å². The molecule has 13 heteroatoms. The summed E-state index contributed by atoms with van der Waals surface area (Å²) in [5.74, 6) is 2.60. The molecule has 3 aliphatic heterocycles. The van der Waals surface area contributed by atoms with Crippen molar-refractivity contribution in [3.8, 4) is 22.9 Å². The second-order valence-corrected chi connectivity index (χ2v) is 12.0. The standard InChI is InChI=1S/C30H34Cl2N6O3.2ClH/c1-40-29(39)10-19-2-5-37(6-3-19)18-20-8-26(22-11-23(31)13-24(32)12-22)36-28(9-20)41-25-15-34-30(35-16-25)38-7-4-21-14-33-17-27(21)38;;/h8-9,11-13,15-16,19,21,27,33H,2-7,10,14,17-18H2,1H3;2*1H. The lowest BCUT2D eigenvalue weighted by atomic mass is 9.93. The number of ether oxygens (including phenoxy) is 2. The molecule has 0 aliphatic carbocycles. The molecule has 0 spiro atoms. The summed E-state index contributed by atoms with van der Waals surface area (Å²) in [4.78, 5) is 30.4. The second-order valence-electron chi connectivity index (χ2n) is 11.1.